The number of aromatic nitrogens is 2. The first-order valence-corrected chi connectivity index (χ1v) is 7.22. The molecule has 0 fully saturated rings. The highest BCUT2D eigenvalue weighted by Gasteiger charge is 2.06. The van der Waals surface area contributed by atoms with Crippen molar-refractivity contribution in [2.45, 2.75) is 6.54 Å². The van der Waals surface area contributed by atoms with Crippen LogP contribution in [0.3, 0.4) is 0 Å². The Morgan fingerprint density at radius 1 is 1.14 bits per heavy atom. The normalized spacial score (nSPS) is 11.6. The lowest BCUT2D eigenvalue weighted by molar-refractivity contribution is 0.0993. The number of hydrogen-bond donors (Lipinski definition) is 1. The number of carbonyl (C=O) groups excluding carboxylic acids is 1. The molecular weight excluding hydrogens is 298 g/mol. The first-order valence-electron chi connectivity index (χ1n) is 6.85. The van der Waals surface area contributed by atoms with Crippen LogP contribution in [0.15, 0.2) is 72.0 Å². The van der Waals surface area contributed by atoms with Crippen LogP contribution < -0.4 is 5.49 Å². The van der Waals surface area contributed by atoms with Crippen molar-refractivity contribution in [3.8, 4) is 0 Å². The molecule has 0 radical (unpaired) electrons. The molecule has 1 amide bonds. The Kier molecular flexibility index (Phi) is 4.21. The first-order chi connectivity index (χ1) is 10.7. The van der Waals surface area contributed by atoms with E-state index in [-0.39, 0.29) is 5.91 Å². The minimum atomic E-state index is -0.347. The van der Waals surface area contributed by atoms with Gasteiger partial charge in [0.1, 0.15) is 11.2 Å². The van der Waals surface area contributed by atoms with Gasteiger partial charge in [0.25, 0.3) is 5.91 Å². The molecule has 1 aromatic carbocycles. The number of pyridine rings is 1. The second-order valence-electron chi connectivity index (χ2n) is 4.82. The molecule has 2 aromatic heterocycles. The zero-order chi connectivity index (χ0) is 15.4. The van der Waals surface area contributed by atoms with Crippen LogP contribution in [0.4, 0.5) is 0 Å². The molecule has 4 nitrogen and oxygen atoms in total. The van der Waals surface area contributed by atoms with E-state index >= 15 is 0 Å². The van der Waals surface area contributed by atoms with Crippen molar-refractivity contribution in [1.82, 2.24) is 9.55 Å². The van der Waals surface area contributed by atoms with E-state index in [1.165, 1.54) is 0 Å². The average molecular weight is 312 g/mol. The van der Waals surface area contributed by atoms with Gasteiger partial charge in [0.15, 0.2) is 0 Å². The Labute approximate surface area is 132 Å². The molecule has 22 heavy (non-hydrogen) atoms. The summed E-state index contributed by atoms with van der Waals surface area (Å²) < 4.78 is 1.93. The average Bonchev–Trinajstić information content (AvgIpc) is 2.97. The Bertz CT molecular complexity index is 849. The number of H-pyrrole nitrogens is 1. The molecule has 0 atom stereocenters. The van der Waals surface area contributed by atoms with Crippen molar-refractivity contribution in [1.29, 1.82) is 0 Å². The highest BCUT2D eigenvalue weighted by Crippen LogP contribution is 2.10. The smallest absolute Gasteiger partial charge is 0.295 e. The molecule has 5 heteroatoms. The van der Waals surface area contributed by atoms with E-state index in [9.17, 15) is 4.79 Å². The molecule has 2 heterocycles. The minimum Gasteiger partial charge on any atom is -0.356 e. The van der Waals surface area contributed by atoms with Crippen LogP contribution in [0, 0.1) is 0 Å². The first kappa shape index (κ1) is 14.4. The largest absolute Gasteiger partial charge is 0.356 e. The van der Waals surface area contributed by atoms with Gasteiger partial charge in [-0.2, -0.15) is 4.99 Å². The fourth-order valence-corrected chi connectivity index (χ4v) is 2.30. The lowest BCUT2D eigenvalue weighted by Crippen LogP contribution is -2.22. The third kappa shape index (κ3) is 3.35. The minimum absolute atomic E-state index is 0.347. The van der Waals surface area contributed by atoms with E-state index in [1.54, 1.807) is 12.3 Å². The lowest BCUT2D eigenvalue weighted by atomic mass is 10.2. The van der Waals surface area contributed by atoms with Gasteiger partial charge in [0.05, 0.1) is 5.02 Å². The summed E-state index contributed by atoms with van der Waals surface area (Å²) in [6, 6.07) is 17.2. The number of halogens is 1. The maximum atomic E-state index is 12.2. The van der Waals surface area contributed by atoms with Gasteiger partial charge in [0, 0.05) is 18.9 Å². The summed E-state index contributed by atoms with van der Waals surface area (Å²) in [6.45, 7) is 0.652. The van der Waals surface area contributed by atoms with Crippen molar-refractivity contribution in [3.63, 3.8) is 0 Å². The predicted octanol–water partition coefficient (Wildman–Crippen LogP) is 3.26. The summed E-state index contributed by atoms with van der Waals surface area (Å²) in [5.41, 5.74) is 2.12. The second-order valence-corrected chi connectivity index (χ2v) is 5.26. The van der Waals surface area contributed by atoms with Crippen molar-refractivity contribution in [2.24, 2.45) is 4.99 Å². The van der Waals surface area contributed by atoms with Gasteiger partial charge in [-0.25, -0.2) is 0 Å². The Balaban J connectivity index is 1.94. The summed E-state index contributed by atoms with van der Waals surface area (Å²) in [4.78, 5) is 19.1. The number of rotatable bonds is 3. The summed E-state index contributed by atoms with van der Waals surface area (Å²) in [5, 5.41) is 0.490. The molecule has 3 rings (SSSR count). The van der Waals surface area contributed by atoms with Gasteiger partial charge < -0.3 is 9.55 Å². The van der Waals surface area contributed by atoms with E-state index in [1.807, 2.05) is 59.3 Å². The molecule has 0 saturated heterocycles. The molecule has 0 aliphatic heterocycles. The molecule has 0 saturated carbocycles. The molecule has 0 aliphatic rings. The zero-order valence-electron chi connectivity index (χ0n) is 11.7. The number of aromatic amines is 1. The molecule has 0 unspecified atom stereocenters. The van der Waals surface area contributed by atoms with Gasteiger partial charge in [-0.1, -0.05) is 48.0 Å². The van der Waals surface area contributed by atoms with Crippen molar-refractivity contribution in [2.75, 3.05) is 0 Å². The van der Waals surface area contributed by atoms with E-state index in [4.69, 9.17) is 11.6 Å². The summed E-state index contributed by atoms with van der Waals surface area (Å²) in [5.74, 6) is -0.347. The fourth-order valence-electron chi connectivity index (χ4n) is 2.14. The Morgan fingerprint density at radius 3 is 2.64 bits per heavy atom. The maximum Gasteiger partial charge on any atom is 0.295 e. The predicted molar refractivity (Wildman–Crippen MR) is 85.7 cm³/mol. The third-order valence-corrected chi connectivity index (χ3v) is 3.42. The second kappa shape index (κ2) is 6.45. The van der Waals surface area contributed by atoms with Crippen molar-refractivity contribution in [3.05, 3.63) is 88.8 Å². The van der Waals surface area contributed by atoms with E-state index in [2.05, 4.69) is 9.98 Å². The van der Waals surface area contributed by atoms with Gasteiger partial charge in [-0.3, -0.25) is 4.79 Å². The van der Waals surface area contributed by atoms with E-state index in [0.29, 0.717) is 22.7 Å². The third-order valence-electron chi connectivity index (χ3n) is 3.21. The lowest BCUT2D eigenvalue weighted by Gasteiger charge is -2.07. The van der Waals surface area contributed by atoms with E-state index in [0.717, 1.165) is 5.56 Å². The van der Waals surface area contributed by atoms with Crippen LogP contribution in [0.1, 0.15) is 16.1 Å². The Morgan fingerprint density at radius 2 is 1.91 bits per heavy atom. The fraction of sp³-hybridized carbons (Fsp3) is 0.0588. The van der Waals surface area contributed by atoms with Gasteiger partial charge in [-0.05, 0) is 23.8 Å². The van der Waals surface area contributed by atoms with E-state index < -0.39 is 0 Å². The highest BCUT2D eigenvalue weighted by molar-refractivity contribution is 6.30. The van der Waals surface area contributed by atoms with Crippen LogP contribution in [-0.4, -0.2) is 15.5 Å². The molecule has 110 valence electrons. The number of carbonyl (C=O) groups is 1. The molecule has 0 bridgehead atoms. The number of nitrogens with one attached hydrogen (secondary N) is 1. The highest BCUT2D eigenvalue weighted by atomic mass is 35.5. The number of amides is 1. The van der Waals surface area contributed by atoms with Crippen LogP contribution in [0.2, 0.25) is 5.02 Å². The standard InChI is InChI=1S/C17H14ClN3O/c18-14-10-15(19-11-14)17(22)20-16-8-4-5-9-21(16)12-13-6-2-1-3-7-13/h1-11,19H,12H2. The molecule has 0 spiro atoms. The molecule has 3 aromatic rings. The monoisotopic (exact) mass is 311 g/mol. The van der Waals surface area contributed by atoms with Crippen LogP contribution in [0.5, 0.6) is 0 Å². The molecule has 0 aliphatic carbocycles. The SMILES string of the molecule is O=C(N=c1ccccn1Cc1ccccc1)c1cc(Cl)c[nH]1. The molecular formula is C17H14ClN3O. The van der Waals surface area contributed by atoms with Gasteiger partial charge in [-0.15, -0.1) is 0 Å². The molecule has 1 N–H and O–H groups in total. The summed E-state index contributed by atoms with van der Waals surface area (Å²) in [7, 11) is 0. The summed E-state index contributed by atoms with van der Waals surface area (Å²) >= 11 is 5.82. The van der Waals surface area contributed by atoms with Crippen LogP contribution in [-0.2, 0) is 6.54 Å². The summed E-state index contributed by atoms with van der Waals surface area (Å²) in [6.07, 6.45) is 3.47. The number of hydrogen-bond acceptors (Lipinski definition) is 1. The topological polar surface area (TPSA) is 50.1 Å². The van der Waals surface area contributed by atoms with Crippen LogP contribution >= 0.6 is 11.6 Å². The van der Waals surface area contributed by atoms with Crippen LogP contribution in [0.25, 0.3) is 0 Å². The quantitative estimate of drug-likeness (QED) is 0.793. The van der Waals surface area contributed by atoms with Crippen molar-refractivity contribution < 1.29 is 4.79 Å². The maximum absolute atomic E-state index is 12.2. The van der Waals surface area contributed by atoms with Gasteiger partial charge in [0.2, 0.25) is 0 Å². The zero-order valence-corrected chi connectivity index (χ0v) is 12.5. The van der Waals surface area contributed by atoms with Gasteiger partial charge >= 0.3 is 0 Å². The number of nitrogens with zero attached hydrogens (tertiary/aromatic N) is 2. The number of benzene rings is 1. The Hall–Kier alpha value is -2.59. The van der Waals surface area contributed by atoms with Crippen molar-refractivity contribution >= 4 is 17.5 Å².